The molecule has 1 saturated heterocycles. The van der Waals surface area contributed by atoms with Crippen molar-refractivity contribution in [3.05, 3.63) is 47.2 Å². The van der Waals surface area contributed by atoms with E-state index in [1.165, 1.54) is 6.21 Å². The Morgan fingerprint density at radius 1 is 1.15 bits per heavy atom. The van der Waals surface area contributed by atoms with Crippen molar-refractivity contribution in [2.75, 3.05) is 19.7 Å². The van der Waals surface area contributed by atoms with E-state index in [0.717, 1.165) is 15.5 Å². The molecule has 1 fully saturated rings. The van der Waals surface area contributed by atoms with Crippen LogP contribution in [-0.2, 0) is 4.79 Å². The summed E-state index contributed by atoms with van der Waals surface area (Å²) in [5.74, 6) is 0.817. The van der Waals surface area contributed by atoms with Crippen molar-refractivity contribution >= 4 is 29.8 Å². The Morgan fingerprint density at radius 3 is 2.65 bits per heavy atom. The highest BCUT2D eigenvalue weighted by Gasteiger charge is 2.35. The van der Waals surface area contributed by atoms with Gasteiger partial charge in [0.15, 0.2) is 0 Å². The van der Waals surface area contributed by atoms with E-state index in [-0.39, 0.29) is 25.6 Å². The molecule has 3 amide bonds. The average Bonchev–Trinajstić information content (AvgIpc) is 3.20. The number of hydrogen-bond acceptors (Lipinski definition) is 5. The van der Waals surface area contributed by atoms with Crippen LogP contribution in [0.1, 0.15) is 18.6 Å². The monoisotopic (exact) mass is 375 g/mol. The topological polar surface area (TPSA) is 86.4 Å². The number of imide groups is 1. The number of carbonyl (C=O) groups excluding carboxylic acids is 2. The van der Waals surface area contributed by atoms with Crippen molar-refractivity contribution in [1.82, 2.24) is 9.91 Å². The van der Waals surface area contributed by atoms with Gasteiger partial charge >= 0.3 is 6.03 Å². The van der Waals surface area contributed by atoms with Crippen LogP contribution in [-0.4, -0.2) is 52.9 Å². The molecule has 8 heteroatoms. The van der Waals surface area contributed by atoms with E-state index in [4.69, 9.17) is 21.1 Å². The number of furan rings is 1. The fraction of sp³-hybridized carbons (Fsp3) is 0.278. The quantitative estimate of drug-likeness (QED) is 0.458. The second-order valence-corrected chi connectivity index (χ2v) is 6.21. The van der Waals surface area contributed by atoms with Crippen molar-refractivity contribution in [1.29, 1.82) is 0 Å². The standard InChI is InChI=1S/C18H18ClN3O4/c19-14-5-3-13(4-6-14)16-8-7-15(26-16)11-20-22-12-17(24)21(18(22)25)9-1-2-10-23/h3-8,11,23H,1-2,9-10,12H2. The van der Waals surface area contributed by atoms with Gasteiger partial charge < -0.3 is 9.52 Å². The molecule has 0 aliphatic carbocycles. The van der Waals surface area contributed by atoms with Gasteiger partial charge in [-0.3, -0.25) is 9.69 Å². The van der Waals surface area contributed by atoms with Crippen LogP contribution >= 0.6 is 11.6 Å². The van der Waals surface area contributed by atoms with Gasteiger partial charge in [0.05, 0.1) is 6.21 Å². The first-order valence-corrected chi connectivity index (χ1v) is 8.59. The lowest BCUT2D eigenvalue weighted by Gasteiger charge is -2.12. The highest BCUT2D eigenvalue weighted by atomic mass is 35.5. The fourth-order valence-corrected chi connectivity index (χ4v) is 2.66. The molecule has 0 atom stereocenters. The van der Waals surface area contributed by atoms with E-state index < -0.39 is 6.03 Å². The molecule has 0 saturated carbocycles. The van der Waals surface area contributed by atoms with Crippen LogP contribution in [0.15, 0.2) is 45.9 Å². The third-order valence-corrected chi connectivity index (χ3v) is 4.16. The molecule has 1 aromatic heterocycles. The minimum absolute atomic E-state index is 0.0343. The molecule has 3 rings (SSSR count). The van der Waals surface area contributed by atoms with Crippen LogP contribution < -0.4 is 0 Å². The minimum Gasteiger partial charge on any atom is -0.455 e. The Bertz CT molecular complexity index is 816. The van der Waals surface area contributed by atoms with E-state index in [2.05, 4.69) is 5.10 Å². The maximum atomic E-state index is 12.2. The number of carbonyl (C=O) groups is 2. The maximum absolute atomic E-state index is 12.2. The Labute approximate surface area is 155 Å². The van der Waals surface area contributed by atoms with Gasteiger partial charge in [-0.15, -0.1) is 0 Å². The number of benzene rings is 1. The lowest BCUT2D eigenvalue weighted by Crippen LogP contribution is -2.32. The summed E-state index contributed by atoms with van der Waals surface area (Å²) >= 11 is 5.87. The number of unbranched alkanes of at least 4 members (excludes halogenated alkanes) is 1. The van der Waals surface area contributed by atoms with E-state index in [1.807, 2.05) is 12.1 Å². The summed E-state index contributed by atoms with van der Waals surface area (Å²) in [6.07, 6.45) is 2.51. The lowest BCUT2D eigenvalue weighted by molar-refractivity contribution is -0.125. The summed E-state index contributed by atoms with van der Waals surface area (Å²) in [5, 5.41) is 14.6. The predicted octanol–water partition coefficient (Wildman–Crippen LogP) is 2.97. The second kappa shape index (κ2) is 8.16. The first-order valence-electron chi connectivity index (χ1n) is 8.21. The number of rotatable bonds is 7. The van der Waals surface area contributed by atoms with Crippen LogP contribution in [0.3, 0.4) is 0 Å². The highest BCUT2D eigenvalue weighted by molar-refractivity contribution is 6.30. The molecule has 0 spiro atoms. The van der Waals surface area contributed by atoms with Gasteiger partial charge in [-0.05, 0) is 49.2 Å². The van der Waals surface area contributed by atoms with Crippen molar-refractivity contribution in [2.24, 2.45) is 5.10 Å². The second-order valence-electron chi connectivity index (χ2n) is 5.77. The largest absolute Gasteiger partial charge is 0.455 e. The first-order chi connectivity index (χ1) is 12.6. The van der Waals surface area contributed by atoms with E-state index in [9.17, 15) is 9.59 Å². The van der Waals surface area contributed by atoms with Crippen LogP contribution in [0.5, 0.6) is 0 Å². The number of urea groups is 1. The third kappa shape index (κ3) is 4.12. The van der Waals surface area contributed by atoms with Crippen molar-refractivity contribution < 1.29 is 19.1 Å². The average molecular weight is 376 g/mol. The molecule has 7 nitrogen and oxygen atoms in total. The van der Waals surface area contributed by atoms with Crippen molar-refractivity contribution in [3.8, 4) is 11.3 Å². The maximum Gasteiger partial charge on any atom is 0.347 e. The smallest absolute Gasteiger partial charge is 0.347 e. The van der Waals surface area contributed by atoms with Gasteiger partial charge in [0.25, 0.3) is 5.91 Å². The van der Waals surface area contributed by atoms with Gasteiger partial charge in [-0.25, -0.2) is 9.80 Å². The molecule has 2 heterocycles. The molecule has 2 aromatic rings. The molecule has 1 aromatic carbocycles. The first kappa shape index (κ1) is 18.2. The summed E-state index contributed by atoms with van der Waals surface area (Å²) in [5.41, 5.74) is 0.872. The Balaban J connectivity index is 1.64. The predicted molar refractivity (Wildman–Crippen MR) is 96.9 cm³/mol. The molecule has 1 aliphatic heterocycles. The normalized spacial score (nSPS) is 14.8. The fourth-order valence-electron chi connectivity index (χ4n) is 2.54. The van der Waals surface area contributed by atoms with Crippen LogP contribution in [0.25, 0.3) is 11.3 Å². The minimum atomic E-state index is -0.464. The molecular weight excluding hydrogens is 358 g/mol. The lowest BCUT2D eigenvalue weighted by atomic mass is 10.2. The molecule has 26 heavy (non-hydrogen) atoms. The van der Waals surface area contributed by atoms with Gasteiger partial charge in [0, 0.05) is 23.7 Å². The van der Waals surface area contributed by atoms with Crippen LogP contribution in [0.4, 0.5) is 4.79 Å². The summed E-state index contributed by atoms with van der Waals surface area (Å²) in [6, 6.07) is 10.3. The molecule has 1 aliphatic rings. The summed E-state index contributed by atoms with van der Waals surface area (Å²) in [7, 11) is 0. The summed E-state index contributed by atoms with van der Waals surface area (Å²) < 4.78 is 5.68. The van der Waals surface area contributed by atoms with Crippen LogP contribution in [0, 0.1) is 0 Å². The Hall–Kier alpha value is -2.64. The van der Waals surface area contributed by atoms with Gasteiger partial charge in [-0.2, -0.15) is 5.10 Å². The van der Waals surface area contributed by atoms with Gasteiger partial charge in [0.1, 0.15) is 18.1 Å². The molecule has 0 radical (unpaired) electrons. The number of nitrogens with zero attached hydrogens (tertiary/aromatic N) is 3. The molecule has 0 unspecified atom stereocenters. The van der Waals surface area contributed by atoms with Gasteiger partial charge in [0.2, 0.25) is 0 Å². The summed E-state index contributed by atoms with van der Waals surface area (Å²) in [6.45, 7) is 0.220. The zero-order chi connectivity index (χ0) is 18.5. The number of amides is 3. The van der Waals surface area contributed by atoms with E-state index in [0.29, 0.717) is 29.4 Å². The molecular formula is C18H18ClN3O4. The molecule has 1 N–H and O–H groups in total. The third-order valence-electron chi connectivity index (χ3n) is 3.91. The van der Waals surface area contributed by atoms with E-state index in [1.54, 1.807) is 24.3 Å². The van der Waals surface area contributed by atoms with Gasteiger partial charge in [-0.1, -0.05) is 11.6 Å². The number of aliphatic hydroxyl groups excluding tert-OH is 1. The number of hydrogen-bond donors (Lipinski definition) is 1. The molecule has 136 valence electrons. The summed E-state index contributed by atoms with van der Waals surface area (Å²) in [4.78, 5) is 25.3. The SMILES string of the molecule is O=C1CN(N=Cc2ccc(-c3ccc(Cl)cc3)o2)C(=O)N1CCCCO. The van der Waals surface area contributed by atoms with Crippen LogP contribution in [0.2, 0.25) is 5.02 Å². The Morgan fingerprint density at radius 2 is 1.92 bits per heavy atom. The van der Waals surface area contributed by atoms with Crippen molar-refractivity contribution in [2.45, 2.75) is 12.8 Å². The highest BCUT2D eigenvalue weighted by Crippen LogP contribution is 2.23. The van der Waals surface area contributed by atoms with E-state index >= 15 is 0 Å². The number of hydrazone groups is 1. The zero-order valence-corrected chi connectivity index (χ0v) is 14.7. The number of aliphatic hydroxyl groups is 1. The van der Waals surface area contributed by atoms with Crippen molar-refractivity contribution in [3.63, 3.8) is 0 Å². The number of halogens is 1. The molecule has 0 bridgehead atoms. The zero-order valence-electron chi connectivity index (χ0n) is 14.0. The Kier molecular flexibility index (Phi) is 5.70.